The normalized spacial score (nSPS) is 24.6. The number of rotatable bonds is 1. The number of carbonyl (C=O) groups excluding carboxylic acids is 1. The van der Waals surface area contributed by atoms with Crippen molar-refractivity contribution in [3.05, 3.63) is 0 Å². The van der Waals surface area contributed by atoms with Gasteiger partial charge >= 0.3 is 0 Å². The molecular weight excluding hydrogens is 162 g/mol. The van der Waals surface area contributed by atoms with Crippen LogP contribution >= 0.6 is 11.8 Å². The second-order valence-electron chi connectivity index (χ2n) is 2.55. The molecule has 64 valence electrons. The highest BCUT2D eigenvalue weighted by molar-refractivity contribution is 8.12. The molecule has 3 nitrogen and oxygen atoms in total. The molecule has 0 aliphatic carbocycles. The van der Waals surface area contributed by atoms with Crippen molar-refractivity contribution in [2.75, 3.05) is 19.5 Å². The Bertz CT molecular complexity index is 134. The van der Waals surface area contributed by atoms with E-state index in [0.29, 0.717) is 6.61 Å². The first-order valence-electron chi connectivity index (χ1n) is 3.75. The zero-order valence-electron chi connectivity index (χ0n) is 6.63. The van der Waals surface area contributed by atoms with E-state index in [-0.39, 0.29) is 11.3 Å². The third-order valence-electron chi connectivity index (χ3n) is 1.67. The van der Waals surface area contributed by atoms with Crippen molar-refractivity contribution in [3.8, 4) is 0 Å². The van der Waals surface area contributed by atoms with Crippen LogP contribution in [0.3, 0.4) is 0 Å². The lowest BCUT2D eigenvalue weighted by molar-refractivity contribution is 0.0745. The van der Waals surface area contributed by atoms with Gasteiger partial charge in [-0.3, -0.25) is 4.79 Å². The molecule has 1 amide bonds. The van der Waals surface area contributed by atoms with Gasteiger partial charge in [-0.25, -0.2) is 0 Å². The van der Waals surface area contributed by atoms with Crippen LogP contribution < -0.4 is 5.32 Å². The van der Waals surface area contributed by atoms with Crippen LogP contribution in [0.25, 0.3) is 0 Å². The van der Waals surface area contributed by atoms with E-state index in [4.69, 9.17) is 4.74 Å². The molecule has 0 aromatic carbocycles. The molecule has 1 saturated heterocycles. The summed E-state index contributed by atoms with van der Waals surface area (Å²) in [4.78, 5) is 10.9. The molecule has 1 heterocycles. The minimum absolute atomic E-state index is 0.0421. The van der Waals surface area contributed by atoms with E-state index in [9.17, 15) is 4.79 Å². The summed E-state index contributed by atoms with van der Waals surface area (Å²) in [5.74, 6) is 0. The summed E-state index contributed by atoms with van der Waals surface area (Å²) in [6.07, 6.45) is 3.88. The summed E-state index contributed by atoms with van der Waals surface area (Å²) in [5, 5.41) is 2.91. The Hall–Kier alpha value is -0.220. The number of hydrogen-bond donors (Lipinski definition) is 1. The largest absolute Gasteiger partial charge is 0.379 e. The van der Waals surface area contributed by atoms with E-state index in [1.54, 1.807) is 6.26 Å². The number of hydrogen-bond acceptors (Lipinski definition) is 3. The molecule has 1 fully saturated rings. The zero-order chi connectivity index (χ0) is 8.10. The lowest BCUT2D eigenvalue weighted by atomic mass is 10.1. The van der Waals surface area contributed by atoms with E-state index in [1.165, 1.54) is 11.8 Å². The average molecular weight is 175 g/mol. The SMILES string of the molecule is CSC(=O)NC1CCCOC1. The quantitative estimate of drug-likeness (QED) is 0.651. The predicted molar refractivity (Wildman–Crippen MR) is 45.9 cm³/mol. The lowest BCUT2D eigenvalue weighted by Crippen LogP contribution is -2.38. The summed E-state index contributed by atoms with van der Waals surface area (Å²) >= 11 is 1.21. The van der Waals surface area contributed by atoms with E-state index in [0.717, 1.165) is 19.4 Å². The number of ether oxygens (including phenoxy) is 1. The minimum atomic E-state index is 0.0421. The Kier molecular flexibility index (Phi) is 3.72. The highest BCUT2D eigenvalue weighted by Crippen LogP contribution is 2.07. The molecule has 1 unspecified atom stereocenters. The minimum Gasteiger partial charge on any atom is -0.379 e. The van der Waals surface area contributed by atoms with Crippen molar-refractivity contribution in [1.82, 2.24) is 5.32 Å². The van der Waals surface area contributed by atoms with Gasteiger partial charge in [0.2, 0.25) is 0 Å². The molecule has 4 heteroatoms. The molecule has 0 aromatic rings. The third-order valence-corrected chi connectivity index (χ3v) is 2.16. The zero-order valence-corrected chi connectivity index (χ0v) is 7.45. The molecule has 1 aliphatic rings. The van der Waals surface area contributed by atoms with E-state index in [2.05, 4.69) is 5.32 Å². The Morgan fingerprint density at radius 3 is 3.09 bits per heavy atom. The maximum Gasteiger partial charge on any atom is 0.279 e. The molecule has 0 aromatic heterocycles. The summed E-state index contributed by atoms with van der Waals surface area (Å²) in [7, 11) is 0. The molecular formula is C7H13NO2S. The smallest absolute Gasteiger partial charge is 0.279 e. The van der Waals surface area contributed by atoms with Crippen molar-refractivity contribution >= 4 is 17.0 Å². The van der Waals surface area contributed by atoms with Crippen LogP contribution in [0.2, 0.25) is 0 Å². The Morgan fingerprint density at radius 2 is 2.55 bits per heavy atom. The molecule has 0 spiro atoms. The average Bonchev–Trinajstić information content (AvgIpc) is 2.06. The fourth-order valence-electron chi connectivity index (χ4n) is 1.08. The Morgan fingerprint density at radius 1 is 1.73 bits per heavy atom. The van der Waals surface area contributed by atoms with Crippen LogP contribution in [0.15, 0.2) is 0 Å². The van der Waals surface area contributed by atoms with Crippen LogP contribution in [-0.4, -0.2) is 30.8 Å². The monoisotopic (exact) mass is 175 g/mol. The highest BCUT2D eigenvalue weighted by Gasteiger charge is 2.14. The van der Waals surface area contributed by atoms with Crippen LogP contribution in [0.5, 0.6) is 0 Å². The van der Waals surface area contributed by atoms with Crippen molar-refractivity contribution in [2.24, 2.45) is 0 Å². The molecule has 1 rings (SSSR count). The van der Waals surface area contributed by atoms with Gasteiger partial charge in [-0.2, -0.15) is 0 Å². The van der Waals surface area contributed by atoms with Crippen molar-refractivity contribution in [1.29, 1.82) is 0 Å². The second-order valence-corrected chi connectivity index (χ2v) is 3.33. The van der Waals surface area contributed by atoms with Gasteiger partial charge in [-0.1, -0.05) is 11.8 Å². The lowest BCUT2D eigenvalue weighted by Gasteiger charge is -2.22. The van der Waals surface area contributed by atoms with Crippen molar-refractivity contribution in [3.63, 3.8) is 0 Å². The Balaban J connectivity index is 2.19. The number of thioether (sulfide) groups is 1. The van der Waals surface area contributed by atoms with Crippen LogP contribution in [0, 0.1) is 0 Å². The molecule has 0 saturated carbocycles. The summed E-state index contributed by atoms with van der Waals surface area (Å²) in [6.45, 7) is 1.51. The topological polar surface area (TPSA) is 38.3 Å². The predicted octanol–water partition coefficient (Wildman–Crippen LogP) is 1.24. The van der Waals surface area contributed by atoms with E-state index in [1.807, 2.05) is 0 Å². The fourth-order valence-corrected chi connectivity index (χ4v) is 1.36. The van der Waals surface area contributed by atoms with Gasteiger partial charge in [-0.05, 0) is 19.1 Å². The van der Waals surface area contributed by atoms with Gasteiger partial charge in [0.05, 0.1) is 12.6 Å². The first-order valence-corrected chi connectivity index (χ1v) is 4.97. The van der Waals surface area contributed by atoms with Crippen molar-refractivity contribution in [2.45, 2.75) is 18.9 Å². The van der Waals surface area contributed by atoms with Crippen LogP contribution in [-0.2, 0) is 4.74 Å². The summed E-state index contributed by atoms with van der Waals surface area (Å²) < 4.78 is 5.20. The number of nitrogens with one attached hydrogen (secondary N) is 1. The van der Waals surface area contributed by atoms with Gasteiger partial charge in [0.1, 0.15) is 0 Å². The maximum atomic E-state index is 10.9. The molecule has 1 aliphatic heterocycles. The molecule has 0 radical (unpaired) electrons. The van der Waals surface area contributed by atoms with Crippen LogP contribution in [0.4, 0.5) is 4.79 Å². The highest BCUT2D eigenvalue weighted by atomic mass is 32.2. The first kappa shape index (κ1) is 8.87. The summed E-state index contributed by atoms with van der Waals surface area (Å²) in [6, 6.07) is 0.240. The van der Waals surface area contributed by atoms with Crippen LogP contribution in [0.1, 0.15) is 12.8 Å². The third kappa shape index (κ3) is 3.12. The Labute approximate surface area is 70.9 Å². The summed E-state index contributed by atoms with van der Waals surface area (Å²) in [5.41, 5.74) is 0. The second kappa shape index (κ2) is 4.62. The van der Waals surface area contributed by atoms with Gasteiger partial charge in [0.25, 0.3) is 5.24 Å². The number of amides is 1. The maximum absolute atomic E-state index is 10.9. The van der Waals surface area contributed by atoms with Gasteiger partial charge < -0.3 is 10.1 Å². The van der Waals surface area contributed by atoms with Crippen molar-refractivity contribution < 1.29 is 9.53 Å². The first-order chi connectivity index (χ1) is 5.33. The van der Waals surface area contributed by atoms with Gasteiger partial charge in [0.15, 0.2) is 0 Å². The standard InChI is InChI=1S/C7H13NO2S/c1-11-7(9)8-6-3-2-4-10-5-6/h6H,2-5H2,1H3,(H,8,9). The number of carbonyl (C=O) groups is 1. The molecule has 11 heavy (non-hydrogen) atoms. The fraction of sp³-hybridized carbons (Fsp3) is 0.857. The van der Waals surface area contributed by atoms with E-state index < -0.39 is 0 Å². The van der Waals surface area contributed by atoms with Gasteiger partial charge in [-0.15, -0.1) is 0 Å². The van der Waals surface area contributed by atoms with E-state index >= 15 is 0 Å². The van der Waals surface area contributed by atoms with Gasteiger partial charge in [0, 0.05) is 6.61 Å². The molecule has 1 atom stereocenters. The molecule has 0 bridgehead atoms. The molecule has 1 N–H and O–H groups in total.